The second-order valence-electron chi connectivity index (χ2n) is 1.92. The Hall–Kier alpha value is -0.680. The van der Waals surface area contributed by atoms with Gasteiger partial charge in [0.1, 0.15) is 11.0 Å². The number of carboxylic acids is 1. The quantitative estimate of drug-likeness (QED) is 0.746. The minimum absolute atomic E-state index is 0.0178. The summed E-state index contributed by atoms with van der Waals surface area (Å²) in [4.78, 5) is 14.1. The Morgan fingerprint density at radius 1 is 1.83 bits per heavy atom. The number of aromatic carboxylic acids is 1. The maximum atomic E-state index is 10.3. The average Bonchev–Trinajstić information content (AvgIpc) is 2.48. The van der Waals surface area contributed by atoms with Crippen LogP contribution < -0.4 is 5.11 Å². The van der Waals surface area contributed by atoms with E-state index >= 15 is 0 Å². The highest BCUT2D eigenvalue weighted by molar-refractivity contribution is 9.09. The molecular formula is C7H5BrNO2S-. The first-order valence-electron chi connectivity index (χ1n) is 3.13. The zero-order valence-corrected chi connectivity index (χ0v) is 8.39. The third kappa shape index (κ3) is 2.42. The van der Waals surface area contributed by atoms with Gasteiger partial charge in [0.25, 0.3) is 0 Å². The van der Waals surface area contributed by atoms with Gasteiger partial charge in [0.2, 0.25) is 0 Å². The van der Waals surface area contributed by atoms with E-state index in [1.165, 1.54) is 0 Å². The molecule has 0 radical (unpaired) electrons. The highest BCUT2D eigenvalue weighted by Crippen LogP contribution is 2.09. The number of alkyl halides is 1. The fourth-order valence-electron chi connectivity index (χ4n) is 0.622. The zero-order chi connectivity index (χ0) is 8.97. The summed E-state index contributed by atoms with van der Waals surface area (Å²) in [5.41, 5.74) is 0.652. The molecule has 0 fully saturated rings. The van der Waals surface area contributed by atoms with Crippen molar-refractivity contribution in [3.63, 3.8) is 0 Å². The molecule has 0 amide bonds. The van der Waals surface area contributed by atoms with Crippen LogP contribution in [0.15, 0.2) is 11.5 Å². The van der Waals surface area contributed by atoms with Gasteiger partial charge in [-0.1, -0.05) is 22.0 Å². The predicted molar refractivity (Wildman–Crippen MR) is 49.3 cm³/mol. The van der Waals surface area contributed by atoms with Crippen LogP contribution in [0.1, 0.15) is 15.5 Å². The Labute approximate surface area is 81.9 Å². The average molecular weight is 247 g/mol. The van der Waals surface area contributed by atoms with E-state index in [4.69, 9.17) is 0 Å². The molecule has 0 saturated heterocycles. The molecule has 3 nitrogen and oxygen atoms in total. The minimum atomic E-state index is -1.22. The summed E-state index contributed by atoms with van der Waals surface area (Å²) in [6.07, 6.45) is 3.59. The number of carboxylic acid groups (broad SMARTS) is 1. The summed E-state index contributed by atoms with van der Waals surface area (Å²) >= 11 is 4.27. The molecule has 0 spiro atoms. The van der Waals surface area contributed by atoms with Crippen LogP contribution in [0.25, 0.3) is 6.08 Å². The predicted octanol–water partition coefficient (Wildman–Crippen LogP) is 0.915. The Kier molecular flexibility index (Phi) is 3.43. The van der Waals surface area contributed by atoms with Crippen molar-refractivity contribution in [2.75, 3.05) is 5.33 Å². The van der Waals surface area contributed by atoms with Crippen LogP contribution in [-0.4, -0.2) is 16.3 Å². The van der Waals surface area contributed by atoms with E-state index in [1.54, 1.807) is 11.5 Å². The second kappa shape index (κ2) is 4.37. The molecule has 0 bridgehead atoms. The van der Waals surface area contributed by atoms with E-state index in [0.717, 1.165) is 16.7 Å². The van der Waals surface area contributed by atoms with Crippen LogP contribution in [0.4, 0.5) is 0 Å². The van der Waals surface area contributed by atoms with Gasteiger partial charge in [0.15, 0.2) is 0 Å². The van der Waals surface area contributed by atoms with Gasteiger partial charge in [0, 0.05) is 10.7 Å². The Morgan fingerprint density at radius 3 is 3.08 bits per heavy atom. The molecule has 0 aromatic carbocycles. The van der Waals surface area contributed by atoms with Crippen molar-refractivity contribution in [3.05, 3.63) is 22.2 Å². The third-order valence-electron chi connectivity index (χ3n) is 1.07. The molecule has 1 aromatic rings. The van der Waals surface area contributed by atoms with Crippen LogP contribution in [0.5, 0.6) is 0 Å². The number of hydrogen-bond donors (Lipinski definition) is 0. The van der Waals surface area contributed by atoms with Crippen molar-refractivity contribution in [3.8, 4) is 0 Å². The third-order valence-corrected chi connectivity index (χ3v) is 2.29. The lowest BCUT2D eigenvalue weighted by atomic mass is 10.4. The number of carbonyl (C=O) groups is 1. The molecule has 1 heterocycles. The second-order valence-corrected chi connectivity index (χ2v) is 3.43. The number of rotatable bonds is 3. The van der Waals surface area contributed by atoms with Gasteiger partial charge in [-0.15, -0.1) is 11.3 Å². The summed E-state index contributed by atoms with van der Waals surface area (Å²) in [6, 6.07) is 0. The Morgan fingerprint density at radius 2 is 2.58 bits per heavy atom. The lowest BCUT2D eigenvalue weighted by Crippen LogP contribution is -2.21. The number of aromatic nitrogens is 1. The molecule has 0 aliphatic carbocycles. The first kappa shape index (κ1) is 9.41. The van der Waals surface area contributed by atoms with Gasteiger partial charge in [0.05, 0.1) is 5.69 Å². The number of thiazole rings is 1. The summed E-state index contributed by atoms with van der Waals surface area (Å²) in [5, 5.41) is 12.7. The van der Waals surface area contributed by atoms with E-state index in [-0.39, 0.29) is 5.01 Å². The standard InChI is InChI=1S/C7H6BrNO2S/c8-3-1-2-5-4-12-6(9-5)7(10)11/h1-2,4H,3H2,(H,10,11)/p-1. The van der Waals surface area contributed by atoms with Gasteiger partial charge in [-0.25, -0.2) is 4.98 Å². The Balaban J connectivity index is 2.77. The normalized spacial score (nSPS) is 10.8. The number of hydrogen-bond acceptors (Lipinski definition) is 4. The van der Waals surface area contributed by atoms with Gasteiger partial charge in [-0.3, -0.25) is 0 Å². The highest BCUT2D eigenvalue weighted by Gasteiger charge is 1.98. The van der Waals surface area contributed by atoms with E-state index in [9.17, 15) is 9.90 Å². The van der Waals surface area contributed by atoms with E-state index in [0.29, 0.717) is 5.69 Å². The maximum absolute atomic E-state index is 10.3. The number of allylic oxidation sites excluding steroid dienone is 1. The molecular weight excluding hydrogens is 242 g/mol. The molecule has 64 valence electrons. The summed E-state index contributed by atoms with van der Waals surface area (Å²) < 4.78 is 0. The van der Waals surface area contributed by atoms with Gasteiger partial charge in [-0.05, 0) is 6.08 Å². The van der Waals surface area contributed by atoms with E-state index < -0.39 is 5.97 Å². The number of carbonyl (C=O) groups excluding carboxylic acids is 1. The molecule has 12 heavy (non-hydrogen) atoms. The van der Waals surface area contributed by atoms with Gasteiger partial charge in [-0.2, -0.15) is 0 Å². The topological polar surface area (TPSA) is 53.0 Å². The first-order valence-corrected chi connectivity index (χ1v) is 5.13. The van der Waals surface area contributed by atoms with Crippen molar-refractivity contribution in [2.45, 2.75) is 0 Å². The van der Waals surface area contributed by atoms with E-state index in [1.807, 2.05) is 6.08 Å². The monoisotopic (exact) mass is 246 g/mol. The number of halogens is 1. The van der Waals surface area contributed by atoms with Gasteiger partial charge < -0.3 is 9.90 Å². The molecule has 0 saturated carbocycles. The van der Waals surface area contributed by atoms with Crippen LogP contribution >= 0.6 is 27.3 Å². The maximum Gasteiger partial charge on any atom is 0.139 e. The molecule has 0 unspecified atom stereocenters. The van der Waals surface area contributed by atoms with Crippen LogP contribution in [-0.2, 0) is 0 Å². The van der Waals surface area contributed by atoms with Gasteiger partial charge >= 0.3 is 0 Å². The summed E-state index contributed by atoms with van der Waals surface area (Å²) in [7, 11) is 0. The van der Waals surface area contributed by atoms with Crippen molar-refractivity contribution >= 4 is 39.3 Å². The van der Waals surface area contributed by atoms with Crippen molar-refractivity contribution in [1.29, 1.82) is 0 Å². The van der Waals surface area contributed by atoms with Crippen molar-refractivity contribution in [1.82, 2.24) is 4.98 Å². The smallest absolute Gasteiger partial charge is 0.139 e. The lowest BCUT2D eigenvalue weighted by molar-refractivity contribution is -0.255. The summed E-state index contributed by atoms with van der Waals surface area (Å²) in [5.74, 6) is -1.22. The molecule has 0 N–H and O–H groups in total. The minimum Gasteiger partial charge on any atom is -0.542 e. The fourth-order valence-corrected chi connectivity index (χ4v) is 1.43. The van der Waals surface area contributed by atoms with E-state index in [2.05, 4.69) is 20.9 Å². The van der Waals surface area contributed by atoms with Crippen LogP contribution in [0.2, 0.25) is 0 Å². The molecule has 0 aliphatic heterocycles. The highest BCUT2D eigenvalue weighted by atomic mass is 79.9. The summed E-state index contributed by atoms with van der Waals surface area (Å²) in [6.45, 7) is 0. The first-order chi connectivity index (χ1) is 5.74. The largest absolute Gasteiger partial charge is 0.542 e. The molecule has 0 atom stereocenters. The zero-order valence-electron chi connectivity index (χ0n) is 5.99. The fraction of sp³-hybridized carbons (Fsp3) is 0.143. The number of nitrogens with zero attached hydrogens (tertiary/aromatic N) is 1. The lowest BCUT2D eigenvalue weighted by Gasteiger charge is -1.91. The van der Waals surface area contributed by atoms with Crippen molar-refractivity contribution < 1.29 is 9.90 Å². The molecule has 1 aromatic heterocycles. The SMILES string of the molecule is O=C([O-])c1nc(C=CCBr)cs1. The van der Waals surface area contributed by atoms with Crippen LogP contribution in [0, 0.1) is 0 Å². The molecule has 5 heteroatoms. The molecule has 1 rings (SSSR count). The van der Waals surface area contributed by atoms with Crippen LogP contribution in [0.3, 0.4) is 0 Å². The molecule has 0 aliphatic rings. The Bertz CT molecular complexity index is 308. The van der Waals surface area contributed by atoms with Crippen molar-refractivity contribution in [2.24, 2.45) is 0 Å².